The minimum atomic E-state index is -2.72. The summed E-state index contributed by atoms with van der Waals surface area (Å²) in [6.07, 6.45) is 14.7. The van der Waals surface area contributed by atoms with Crippen LogP contribution >= 0.6 is 0 Å². The molecule has 0 aromatic carbocycles. The normalized spacial score (nSPS) is 17.9. The van der Waals surface area contributed by atoms with Crippen LogP contribution < -0.4 is 0 Å². The Balaban J connectivity index is 2.65. The molecule has 0 saturated carbocycles. The van der Waals surface area contributed by atoms with E-state index in [1.165, 1.54) is 51.8 Å². The minimum absolute atomic E-state index is 0.121. The number of allylic oxidation sites excluding steroid dienone is 2. The quantitative estimate of drug-likeness (QED) is 0.279. The summed E-state index contributed by atoms with van der Waals surface area (Å²) < 4.78 is 10.1. The van der Waals surface area contributed by atoms with Crippen molar-refractivity contribution in [1.29, 1.82) is 0 Å². The van der Waals surface area contributed by atoms with E-state index in [1.54, 1.807) is 0 Å². The summed E-state index contributed by atoms with van der Waals surface area (Å²) in [5.41, 5.74) is 0. The second-order valence-corrected chi connectivity index (χ2v) is 18.6. The standard InChI is InChI=1S/C7H10O2.3C4H9.Sn/c8-7(9)5-6-3-1-2-4-6;3*1-3-4-2;/h1,3,6H,2,4-5H2,(H,8,9);3*1,3-4H2,2H3;/q;;;;+1/p-1. The van der Waals surface area contributed by atoms with E-state index in [-0.39, 0.29) is 5.97 Å². The van der Waals surface area contributed by atoms with Crippen molar-refractivity contribution in [2.24, 2.45) is 5.92 Å². The number of carbonyl (C=O) groups excluding carboxylic acids is 1. The topological polar surface area (TPSA) is 26.3 Å². The maximum atomic E-state index is 12.5. The van der Waals surface area contributed by atoms with Gasteiger partial charge < -0.3 is 0 Å². The van der Waals surface area contributed by atoms with E-state index in [4.69, 9.17) is 3.07 Å². The number of hydrogen-bond donors (Lipinski definition) is 0. The van der Waals surface area contributed by atoms with Crippen molar-refractivity contribution in [3.63, 3.8) is 0 Å². The first kappa shape index (κ1) is 20.1. The molecular formula is C19H36O2Sn. The van der Waals surface area contributed by atoms with Crippen LogP contribution in [0.4, 0.5) is 0 Å². The molecule has 2 nitrogen and oxygen atoms in total. The van der Waals surface area contributed by atoms with Crippen molar-refractivity contribution in [1.82, 2.24) is 0 Å². The average Bonchev–Trinajstić information content (AvgIpc) is 3.01. The SMILES string of the molecule is CCC[CH2][Sn]([CH2]CCC)([CH2]CCC)[O]C(=O)CC1C=CCC1. The summed E-state index contributed by atoms with van der Waals surface area (Å²) >= 11 is -2.72. The molecule has 0 aliphatic heterocycles. The second kappa shape index (κ2) is 11.5. The fourth-order valence-corrected chi connectivity index (χ4v) is 16.6. The molecule has 1 unspecified atom stereocenters. The van der Waals surface area contributed by atoms with Crippen molar-refractivity contribution >= 4 is 24.8 Å². The van der Waals surface area contributed by atoms with Gasteiger partial charge in [-0.2, -0.15) is 0 Å². The molecule has 0 bridgehead atoms. The summed E-state index contributed by atoms with van der Waals surface area (Å²) in [5, 5.41) is 0. The molecule has 0 saturated heterocycles. The third kappa shape index (κ3) is 7.52. The predicted molar refractivity (Wildman–Crippen MR) is 97.5 cm³/mol. The summed E-state index contributed by atoms with van der Waals surface area (Å²) in [4.78, 5) is 12.5. The third-order valence-corrected chi connectivity index (χ3v) is 17.5. The van der Waals surface area contributed by atoms with Crippen LogP contribution in [-0.4, -0.2) is 24.8 Å². The van der Waals surface area contributed by atoms with Gasteiger partial charge in [0.15, 0.2) is 0 Å². The number of unbranched alkanes of at least 4 members (excludes halogenated alkanes) is 3. The summed E-state index contributed by atoms with van der Waals surface area (Å²) in [7, 11) is 0. The Morgan fingerprint density at radius 2 is 1.59 bits per heavy atom. The molecule has 0 heterocycles. The van der Waals surface area contributed by atoms with Gasteiger partial charge in [0, 0.05) is 0 Å². The molecule has 1 atom stereocenters. The van der Waals surface area contributed by atoms with Gasteiger partial charge in [-0.3, -0.25) is 0 Å². The molecule has 0 amide bonds. The molecule has 1 aliphatic carbocycles. The van der Waals surface area contributed by atoms with Crippen LogP contribution in [0.15, 0.2) is 12.2 Å². The van der Waals surface area contributed by atoms with E-state index in [0.29, 0.717) is 12.3 Å². The Morgan fingerprint density at radius 1 is 1.05 bits per heavy atom. The molecule has 0 radical (unpaired) electrons. The Kier molecular flexibility index (Phi) is 10.5. The van der Waals surface area contributed by atoms with Crippen LogP contribution in [0.5, 0.6) is 0 Å². The molecule has 128 valence electrons. The fourth-order valence-electron chi connectivity index (χ4n) is 3.39. The van der Waals surface area contributed by atoms with Crippen molar-refractivity contribution in [3.8, 4) is 0 Å². The third-order valence-electron chi connectivity index (χ3n) is 4.83. The van der Waals surface area contributed by atoms with Gasteiger partial charge in [-0.15, -0.1) is 0 Å². The molecule has 0 spiro atoms. The van der Waals surface area contributed by atoms with Crippen LogP contribution in [0, 0.1) is 5.92 Å². The average molecular weight is 415 g/mol. The zero-order valence-corrected chi connectivity index (χ0v) is 17.9. The molecule has 1 rings (SSSR count). The maximum absolute atomic E-state index is 12.5. The summed E-state index contributed by atoms with van der Waals surface area (Å²) in [6, 6.07) is 0. The Hall–Kier alpha value is 0.00870. The first-order valence-corrected chi connectivity index (χ1v) is 16.8. The molecule has 3 heteroatoms. The molecule has 0 aromatic rings. The van der Waals surface area contributed by atoms with E-state index in [1.807, 2.05) is 0 Å². The molecule has 22 heavy (non-hydrogen) atoms. The van der Waals surface area contributed by atoms with E-state index in [2.05, 4.69) is 32.9 Å². The van der Waals surface area contributed by atoms with Crippen molar-refractivity contribution in [2.45, 2.75) is 91.9 Å². The zero-order valence-electron chi connectivity index (χ0n) is 15.0. The van der Waals surface area contributed by atoms with Gasteiger partial charge in [0.2, 0.25) is 0 Å². The van der Waals surface area contributed by atoms with E-state index < -0.39 is 18.8 Å². The van der Waals surface area contributed by atoms with Crippen molar-refractivity contribution < 1.29 is 7.87 Å². The van der Waals surface area contributed by atoms with E-state index >= 15 is 0 Å². The molecule has 0 N–H and O–H groups in total. The second-order valence-electron chi connectivity index (χ2n) is 6.94. The Labute approximate surface area is 142 Å². The summed E-state index contributed by atoms with van der Waals surface area (Å²) in [5.74, 6) is 0.565. The predicted octanol–water partition coefficient (Wildman–Crippen LogP) is 6.23. The fraction of sp³-hybridized carbons (Fsp3) is 0.842. The van der Waals surface area contributed by atoms with Crippen LogP contribution in [0.25, 0.3) is 0 Å². The van der Waals surface area contributed by atoms with Crippen LogP contribution in [0.3, 0.4) is 0 Å². The van der Waals surface area contributed by atoms with Gasteiger partial charge in [0.1, 0.15) is 0 Å². The first-order valence-electron chi connectivity index (χ1n) is 9.54. The van der Waals surface area contributed by atoms with Gasteiger partial charge in [-0.1, -0.05) is 0 Å². The van der Waals surface area contributed by atoms with Crippen molar-refractivity contribution in [2.75, 3.05) is 0 Å². The van der Waals surface area contributed by atoms with Gasteiger partial charge in [-0.05, 0) is 0 Å². The Morgan fingerprint density at radius 3 is 2.00 bits per heavy atom. The van der Waals surface area contributed by atoms with Crippen LogP contribution in [-0.2, 0) is 7.87 Å². The number of hydrogen-bond acceptors (Lipinski definition) is 2. The first-order chi connectivity index (χ1) is 10.7. The molecule has 0 aromatic heterocycles. The number of carbonyl (C=O) groups is 1. The van der Waals surface area contributed by atoms with Crippen LogP contribution in [0.2, 0.25) is 13.3 Å². The van der Waals surface area contributed by atoms with E-state index in [0.717, 1.165) is 12.8 Å². The van der Waals surface area contributed by atoms with Gasteiger partial charge in [-0.25, -0.2) is 0 Å². The summed E-state index contributed by atoms with van der Waals surface area (Å²) in [6.45, 7) is 6.75. The zero-order chi connectivity index (χ0) is 16.3. The molecular weight excluding hydrogens is 379 g/mol. The van der Waals surface area contributed by atoms with Crippen LogP contribution in [0.1, 0.15) is 78.6 Å². The van der Waals surface area contributed by atoms with Gasteiger partial charge in [0.25, 0.3) is 0 Å². The van der Waals surface area contributed by atoms with E-state index in [9.17, 15) is 4.79 Å². The van der Waals surface area contributed by atoms with Gasteiger partial charge in [0.05, 0.1) is 0 Å². The van der Waals surface area contributed by atoms with Crippen molar-refractivity contribution in [3.05, 3.63) is 12.2 Å². The van der Waals surface area contributed by atoms with Gasteiger partial charge >= 0.3 is 143 Å². The number of rotatable bonds is 12. The molecule has 0 fully saturated rings. The monoisotopic (exact) mass is 416 g/mol. The molecule has 1 aliphatic rings. The Bertz CT molecular complexity index is 317.